The van der Waals surface area contributed by atoms with Crippen LogP contribution in [0.15, 0.2) is 255 Å². The molecular formula is C70H62N4. The number of aryl methyl sites for hydroxylation is 6. The van der Waals surface area contributed by atoms with E-state index in [-0.39, 0.29) is 0 Å². The van der Waals surface area contributed by atoms with E-state index in [0.717, 1.165) is 79.1 Å². The molecule has 0 aromatic heterocycles. The molecule has 10 aromatic carbocycles. The molecule has 0 aliphatic rings. The fourth-order valence-corrected chi connectivity index (χ4v) is 9.14. The van der Waals surface area contributed by atoms with Crippen LogP contribution in [-0.4, -0.2) is 0 Å². The maximum absolute atomic E-state index is 2.31. The summed E-state index contributed by atoms with van der Waals surface area (Å²) in [6, 6.07) is 87.7. The Balaban J connectivity index is 0.883. The SMILES string of the molecule is Cc1ccc(N(/C=C/c2ccc(N(c3ccc(C)cc3)c3ccc(C)cc3)cc2)c2ccc(-c3ccc(N(/C=C/c4ccc(N(c5ccc(C)cc5)c5ccc(C)cc5)cc4)c4ccc(C)cc4)cc3)cc2)cc1. The molecule has 0 heterocycles. The highest BCUT2D eigenvalue weighted by molar-refractivity contribution is 5.81. The van der Waals surface area contributed by atoms with Gasteiger partial charge in [0.15, 0.2) is 0 Å². The molecule has 0 N–H and O–H groups in total. The van der Waals surface area contributed by atoms with Gasteiger partial charge in [0.05, 0.1) is 0 Å². The molecule has 0 aliphatic carbocycles. The fraction of sp³-hybridized carbons (Fsp3) is 0.0857. The largest absolute Gasteiger partial charge is 0.317 e. The zero-order chi connectivity index (χ0) is 51.0. The maximum Gasteiger partial charge on any atom is 0.0462 e. The van der Waals surface area contributed by atoms with E-state index in [1.165, 1.54) is 33.4 Å². The van der Waals surface area contributed by atoms with E-state index in [2.05, 4.69) is 328 Å². The Labute approximate surface area is 438 Å². The zero-order valence-corrected chi connectivity index (χ0v) is 43.2. The van der Waals surface area contributed by atoms with Gasteiger partial charge in [-0.25, -0.2) is 0 Å². The summed E-state index contributed by atoms with van der Waals surface area (Å²) in [7, 11) is 0. The van der Waals surface area contributed by atoms with Crippen LogP contribution >= 0.6 is 0 Å². The number of nitrogens with zero attached hydrogens (tertiary/aromatic N) is 4. The van der Waals surface area contributed by atoms with Crippen molar-refractivity contribution in [3.8, 4) is 11.1 Å². The molecule has 0 radical (unpaired) electrons. The lowest BCUT2D eigenvalue weighted by atomic mass is 10.0. The molecule has 4 nitrogen and oxygen atoms in total. The van der Waals surface area contributed by atoms with Crippen molar-refractivity contribution in [3.63, 3.8) is 0 Å². The van der Waals surface area contributed by atoms with Gasteiger partial charge in [-0.2, -0.15) is 0 Å². The second kappa shape index (κ2) is 22.1. The first-order valence-corrected chi connectivity index (χ1v) is 25.5. The number of hydrogen-bond acceptors (Lipinski definition) is 4. The van der Waals surface area contributed by atoms with Gasteiger partial charge in [0.2, 0.25) is 0 Å². The van der Waals surface area contributed by atoms with Crippen LogP contribution in [0.1, 0.15) is 44.5 Å². The van der Waals surface area contributed by atoms with Crippen LogP contribution in [-0.2, 0) is 0 Å². The van der Waals surface area contributed by atoms with Crippen molar-refractivity contribution in [2.45, 2.75) is 41.5 Å². The normalized spacial score (nSPS) is 11.3. The predicted molar refractivity (Wildman–Crippen MR) is 318 cm³/mol. The lowest BCUT2D eigenvalue weighted by Gasteiger charge is -2.26. The van der Waals surface area contributed by atoms with Crippen molar-refractivity contribution in [1.29, 1.82) is 0 Å². The highest BCUT2D eigenvalue weighted by Gasteiger charge is 2.15. The van der Waals surface area contributed by atoms with Gasteiger partial charge >= 0.3 is 0 Å². The first-order valence-electron chi connectivity index (χ1n) is 25.5. The van der Waals surface area contributed by atoms with Crippen molar-refractivity contribution in [2.75, 3.05) is 19.6 Å². The lowest BCUT2D eigenvalue weighted by Crippen LogP contribution is -2.10. The van der Waals surface area contributed by atoms with E-state index in [9.17, 15) is 0 Å². The molecule has 0 bridgehead atoms. The summed E-state index contributed by atoms with van der Waals surface area (Å²) in [4.78, 5) is 9.14. The zero-order valence-electron chi connectivity index (χ0n) is 43.2. The Morgan fingerprint density at radius 3 is 0.595 bits per heavy atom. The van der Waals surface area contributed by atoms with Crippen molar-refractivity contribution in [3.05, 3.63) is 300 Å². The molecule has 0 aliphatic heterocycles. The minimum absolute atomic E-state index is 1.08. The standard InChI is InChI=1S/C70H62N4/c1-51-7-27-61(28-8-51)71(49-47-57-19-39-69(40-20-57)73(65-31-11-53(3)12-32-65)66-33-13-54(4)14-34-66)63-43-23-59(24-44-63)60-25-45-64(46-26-60)72(62-29-9-52(2)10-30-62)50-48-58-21-41-70(42-22-58)74(67-35-15-55(5)16-36-67)68-37-17-56(6)18-38-68/h7-50H,1-6H3/b49-47+,50-48+. The summed E-state index contributed by atoms with van der Waals surface area (Å²) < 4.78 is 0. The third-order valence-corrected chi connectivity index (χ3v) is 13.6. The van der Waals surface area contributed by atoms with E-state index < -0.39 is 0 Å². The topological polar surface area (TPSA) is 13.0 Å². The Morgan fingerprint density at radius 1 is 0.203 bits per heavy atom. The van der Waals surface area contributed by atoms with Crippen molar-refractivity contribution in [1.82, 2.24) is 0 Å². The van der Waals surface area contributed by atoms with E-state index in [0.29, 0.717) is 0 Å². The minimum Gasteiger partial charge on any atom is -0.317 e. The number of benzene rings is 10. The second-order valence-electron chi connectivity index (χ2n) is 19.3. The smallest absolute Gasteiger partial charge is 0.0462 e. The van der Waals surface area contributed by atoms with Crippen LogP contribution in [0.25, 0.3) is 23.3 Å². The Morgan fingerprint density at radius 2 is 0.378 bits per heavy atom. The maximum atomic E-state index is 2.31. The highest BCUT2D eigenvalue weighted by atomic mass is 15.2. The molecule has 0 spiro atoms. The van der Waals surface area contributed by atoms with Gasteiger partial charge in [-0.1, -0.05) is 155 Å². The third kappa shape index (κ3) is 11.5. The number of anilines is 10. The molecule has 4 heteroatoms. The van der Waals surface area contributed by atoms with Gasteiger partial charge in [0.1, 0.15) is 0 Å². The summed E-state index contributed by atoms with van der Waals surface area (Å²) in [5.41, 5.74) is 23.0. The lowest BCUT2D eigenvalue weighted by molar-refractivity contribution is 1.26. The monoisotopic (exact) mass is 958 g/mol. The molecule has 74 heavy (non-hydrogen) atoms. The average molecular weight is 959 g/mol. The molecule has 0 atom stereocenters. The van der Waals surface area contributed by atoms with Gasteiger partial charge in [0, 0.05) is 69.3 Å². The van der Waals surface area contributed by atoms with E-state index in [1.54, 1.807) is 0 Å². The third-order valence-electron chi connectivity index (χ3n) is 13.6. The van der Waals surface area contributed by atoms with Crippen LogP contribution in [0.3, 0.4) is 0 Å². The molecule has 0 unspecified atom stereocenters. The highest BCUT2D eigenvalue weighted by Crippen LogP contribution is 2.38. The van der Waals surface area contributed by atoms with Crippen LogP contribution in [0.5, 0.6) is 0 Å². The van der Waals surface area contributed by atoms with E-state index in [4.69, 9.17) is 0 Å². The van der Waals surface area contributed by atoms with Crippen LogP contribution in [0.4, 0.5) is 56.9 Å². The van der Waals surface area contributed by atoms with Gasteiger partial charge in [0.25, 0.3) is 0 Å². The summed E-state index contributed by atoms with van der Waals surface area (Å²) in [6.45, 7) is 12.8. The average Bonchev–Trinajstić information content (AvgIpc) is 3.43. The van der Waals surface area contributed by atoms with Crippen molar-refractivity contribution < 1.29 is 0 Å². The molecule has 362 valence electrons. The number of rotatable bonds is 15. The first-order chi connectivity index (χ1) is 36.1. The summed E-state index contributed by atoms with van der Waals surface area (Å²) in [5, 5.41) is 0. The first kappa shape index (κ1) is 48.5. The molecule has 0 fully saturated rings. The van der Waals surface area contributed by atoms with E-state index >= 15 is 0 Å². The molecule has 0 saturated heterocycles. The quantitative estimate of drug-likeness (QED) is 0.101. The van der Waals surface area contributed by atoms with Crippen molar-refractivity contribution in [2.24, 2.45) is 0 Å². The summed E-state index contributed by atoms with van der Waals surface area (Å²) in [5.74, 6) is 0. The minimum atomic E-state index is 1.08. The van der Waals surface area contributed by atoms with Crippen LogP contribution in [0.2, 0.25) is 0 Å². The second-order valence-corrected chi connectivity index (χ2v) is 19.3. The number of hydrogen-bond donors (Lipinski definition) is 0. The Bertz CT molecular complexity index is 3140. The Hall–Kier alpha value is -9.12. The predicted octanol–water partition coefficient (Wildman–Crippen LogP) is 19.8. The molecule has 10 aromatic rings. The molecule has 10 rings (SSSR count). The molecule has 0 amide bonds. The van der Waals surface area contributed by atoms with Gasteiger partial charge < -0.3 is 19.6 Å². The van der Waals surface area contributed by atoms with E-state index in [1.807, 2.05) is 0 Å². The summed E-state index contributed by atoms with van der Waals surface area (Å²) >= 11 is 0. The Kier molecular flexibility index (Phi) is 14.5. The van der Waals surface area contributed by atoms with Crippen LogP contribution in [0, 0.1) is 41.5 Å². The van der Waals surface area contributed by atoms with Crippen molar-refractivity contribution >= 4 is 69.0 Å². The van der Waals surface area contributed by atoms with Crippen LogP contribution < -0.4 is 19.6 Å². The van der Waals surface area contributed by atoms with Gasteiger partial charge in [-0.05, 0) is 197 Å². The fourth-order valence-electron chi connectivity index (χ4n) is 9.14. The summed E-state index contributed by atoms with van der Waals surface area (Å²) in [6.07, 6.45) is 8.73. The van der Waals surface area contributed by atoms with Gasteiger partial charge in [-0.3, -0.25) is 0 Å². The molecule has 0 saturated carbocycles. The molecular weight excluding hydrogens is 897 g/mol. The van der Waals surface area contributed by atoms with Gasteiger partial charge in [-0.15, -0.1) is 0 Å².